The summed E-state index contributed by atoms with van der Waals surface area (Å²) in [6.45, 7) is 0. The summed E-state index contributed by atoms with van der Waals surface area (Å²) < 4.78 is 38.7. The molecule has 0 unspecified atom stereocenters. The van der Waals surface area contributed by atoms with Crippen molar-refractivity contribution >= 4 is 22.7 Å². The van der Waals surface area contributed by atoms with Crippen molar-refractivity contribution in [3.8, 4) is 5.88 Å². The third kappa shape index (κ3) is 3.28. The Kier molecular flexibility index (Phi) is 3.04. The Morgan fingerprint density at radius 1 is 1.47 bits per heavy atom. The lowest BCUT2D eigenvalue weighted by atomic mass is 10.3. The highest BCUT2D eigenvalue weighted by atomic mass is 35.5. The second-order valence-electron chi connectivity index (χ2n) is 2.40. The molecule has 0 aliphatic carbocycles. The van der Waals surface area contributed by atoms with Crippen LogP contribution < -0.4 is 10.5 Å². The lowest BCUT2D eigenvalue weighted by Gasteiger charge is -2.08. The number of anilines is 1. The molecule has 1 heterocycles. The zero-order valence-electron chi connectivity index (χ0n) is 7.01. The van der Waals surface area contributed by atoms with Gasteiger partial charge in [-0.05, 0) is 17.7 Å². The first-order chi connectivity index (χ1) is 6.79. The number of nitrogen functional groups attached to an aromatic ring is 1. The fourth-order valence-corrected chi connectivity index (χ4v) is 0.958. The number of carbonyl (C=O) groups is 1. The smallest absolute Gasteiger partial charge is 0.388 e. The van der Waals surface area contributed by atoms with Crippen LogP contribution in [0.3, 0.4) is 0 Å². The van der Waals surface area contributed by atoms with Gasteiger partial charge < -0.3 is 10.5 Å². The number of pyridine rings is 1. The Bertz CT molecular complexity index is 394. The number of hydrogen-bond donors (Lipinski definition) is 1. The molecule has 1 aromatic heterocycles. The molecule has 0 saturated heterocycles. The minimum absolute atomic E-state index is 0.175. The third-order valence-corrected chi connectivity index (χ3v) is 1.53. The van der Waals surface area contributed by atoms with Crippen LogP contribution in [0.1, 0.15) is 10.4 Å². The van der Waals surface area contributed by atoms with Crippen LogP contribution in [0.4, 0.5) is 19.0 Å². The minimum Gasteiger partial charge on any atom is -0.388 e. The molecule has 0 amide bonds. The highest BCUT2D eigenvalue weighted by molar-refractivity contribution is 6.68. The van der Waals surface area contributed by atoms with Gasteiger partial charge in [-0.15, -0.1) is 13.2 Å². The van der Waals surface area contributed by atoms with Crippen LogP contribution in [-0.4, -0.2) is 16.6 Å². The number of carbonyl (C=O) groups excluding carboxylic acids is 1. The molecule has 1 rings (SSSR count). The van der Waals surface area contributed by atoms with Crippen LogP contribution in [-0.2, 0) is 0 Å². The zero-order valence-corrected chi connectivity index (χ0v) is 7.76. The fraction of sp³-hybridized carbons (Fsp3) is 0.143. The molecular weight excluding hydrogens is 237 g/mol. The summed E-state index contributed by atoms with van der Waals surface area (Å²) in [6.07, 6.45) is -4.86. The van der Waals surface area contributed by atoms with Gasteiger partial charge in [0.2, 0.25) is 5.88 Å². The number of alkyl halides is 3. The molecule has 0 fully saturated rings. The monoisotopic (exact) mass is 240 g/mol. The van der Waals surface area contributed by atoms with Crippen LogP contribution in [0.5, 0.6) is 5.88 Å². The van der Waals surface area contributed by atoms with Gasteiger partial charge in [-0.2, -0.15) is 4.98 Å². The quantitative estimate of drug-likeness (QED) is 0.803. The summed E-state index contributed by atoms with van der Waals surface area (Å²) in [5.41, 5.74) is 5.00. The Morgan fingerprint density at radius 3 is 2.47 bits per heavy atom. The number of hydrogen-bond acceptors (Lipinski definition) is 4. The first-order valence-corrected chi connectivity index (χ1v) is 3.89. The number of aromatic nitrogens is 1. The number of halogens is 4. The summed E-state index contributed by atoms with van der Waals surface area (Å²) in [6, 6.07) is 1.85. The van der Waals surface area contributed by atoms with Crippen molar-refractivity contribution in [3.05, 3.63) is 17.7 Å². The molecule has 0 bridgehead atoms. The van der Waals surface area contributed by atoms with E-state index in [0.29, 0.717) is 0 Å². The second kappa shape index (κ2) is 3.93. The van der Waals surface area contributed by atoms with Crippen LogP contribution in [0.2, 0.25) is 0 Å². The SMILES string of the molecule is Nc1nc(OC(F)(F)F)ccc1C(=O)Cl. The molecule has 1 aromatic rings. The third-order valence-electron chi connectivity index (χ3n) is 1.33. The molecule has 0 aliphatic rings. The van der Waals surface area contributed by atoms with Crippen LogP contribution >= 0.6 is 11.6 Å². The number of nitrogens with two attached hydrogens (primary N) is 1. The van der Waals surface area contributed by atoms with E-state index in [-0.39, 0.29) is 5.56 Å². The molecule has 0 aromatic carbocycles. The van der Waals surface area contributed by atoms with Gasteiger partial charge in [0.05, 0.1) is 5.56 Å². The van der Waals surface area contributed by atoms with Gasteiger partial charge in [0.25, 0.3) is 5.24 Å². The van der Waals surface area contributed by atoms with Crippen molar-refractivity contribution in [2.24, 2.45) is 0 Å². The lowest BCUT2D eigenvalue weighted by Crippen LogP contribution is -2.18. The fourth-order valence-electron chi connectivity index (χ4n) is 0.798. The van der Waals surface area contributed by atoms with E-state index in [1.54, 1.807) is 0 Å². The van der Waals surface area contributed by atoms with E-state index in [4.69, 9.17) is 17.3 Å². The van der Waals surface area contributed by atoms with Crippen molar-refractivity contribution in [2.75, 3.05) is 5.73 Å². The summed E-state index contributed by atoms with van der Waals surface area (Å²) in [4.78, 5) is 13.9. The van der Waals surface area contributed by atoms with Gasteiger partial charge in [-0.25, -0.2) is 0 Å². The maximum absolute atomic E-state index is 11.7. The molecule has 0 radical (unpaired) electrons. The van der Waals surface area contributed by atoms with Crippen molar-refractivity contribution < 1.29 is 22.7 Å². The largest absolute Gasteiger partial charge is 0.574 e. The van der Waals surface area contributed by atoms with Gasteiger partial charge in [0.15, 0.2) is 0 Å². The first kappa shape index (κ1) is 11.6. The van der Waals surface area contributed by atoms with E-state index in [1.165, 1.54) is 0 Å². The van der Waals surface area contributed by atoms with Gasteiger partial charge in [0.1, 0.15) is 5.82 Å². The van der Waals surface area contributed by atoms with Crippen molar-refractivity contribution in [1.29, 1.82) is 0 Å². The van der Waals surface area contributed by atoms with Gasteiger partial charge >= 0.3 is 6.36 Å². The zero-order chi connectivity index (χ0) is 11.6. The predicted molar refractivity (Wildman–Crippen MR) is 45.5 cm³/mol. The molecular formula is C7H4ClF3N2O2. The highest BCUT2D eigenvalue weighted by Crippen LogP contribution is 2.23. The normalized spacial score (nSPS) is 11.2. The Morgan fingerprint density at radius 2 is 2.07 bits per heavy atom. The molecule has 82 valence electrons. The van der Waals surface area contributed by atoms with E-state index in [2.05, 4.69) is 9.72 Å². The number of ether oxygens (including phenoxy) is 1. The molecule has 8 heteroatoms. The molecule has 0 aliphatic heterocycles. The van der Waals surface area contributed by atoms with Gasteiger partial charge in [0, 0.05) is 6.07 Å². The molecule has 2 N–H and O–H groups in total. The second-order valence-corrected chi connectivity index (χ2v) is 2.75. The van der Waals surface area contributed by atoms with Crippen molar-refractivity contribution in [3.63, 3.8) is 0 Å². The average molecular weight is 241 g/mol. The number of nitrogens with zero attached hydrogens (tertiary/aromatic N) is 1. The molecule has 4 nitrogen and oxygen atoms in total. The lowest BCUT2D eigenvalue weighted by molar-refractivity contribution is -0.276. The Hall–Kier alpha value is -1.50. The maximum atomic E-state index is 11.7. The van der Waals surface area contributed by atoms with Gasteiger partial charge in [-0.1, -0.05) is 0 Å². The first-order valence-electron chi connectivity index (χ1n) is 3.51. The highest BCUT2D eigenvalue weighted by Gasteiger charge is 2.32. The maximum Gasteiger partial charge on any atom is 0.574 e. The molecule has 0 atom stereocenters. The van der Waals surface area contributed by atoms with Crippen molar-refractivity contribution in [2.45, 2.75) is 6.36 Å². The van der Waals surface area contributed by atoms with Crippen LogP contribution in [0, 0.1) is 0 Å². The molecule has 0 spiro atoms. The minimum atomic E-state index is -4.86. The van der Waals surface area contributed by atoms with E-state index in [0.717, 1.165) is 12.1 Å². The molecule has 0 saturated carbocycles. The average Bonchev–Trinajstić information content (AvgIpc) is 1.99. The number of rotatable bonds is 2. The van der Waals surface area contributed by atoms with E-state index in [9.17, 15) is 18.0 Å². The summed E-state index contributed by atoms with van der Waals surface area (Å²) in [5.74, 6) is -1.17. The van der Waals surface area contributed by atoms with Crippen molar-refractivity contribution in [1.82, 2.24) is 4.98 Å². The van der Waals surface area contributed by atoms with E-state index >= 15 is 0 Å². The molecule has 15 heavy (non-hydrogen) atoms. The standard InChI is InChI=1S/C7H4ClF3N2O2/c8-5(14)3-1-2-4(13-6(3)12)15-7(9,10)11/h1-2H,(H2,12,13). The van der Waals surface area contributed by atoms with Crippen LogP contribution in [0.25, 0.3) is 0 Å². The Labute approximate surface area is 86.8 Å². The van der Waals surface area contributed by atoms with E-state index in [1.807, 2.05) is 0 Å². The van der Waals surface area contributed by atoms with Crippen LogP contribution in [0.15, 0.2) is 12.1 Å². The topological polar surface area (TPSA) is 65.2 Å². The Balaban J connectivity index is 2.97. The summed E-state index contributed by atoms with van der Waals surface area (Å²) in [7, 11) is 0. The summed E-state index contributed by atoms with van der Waals surface area (Å²) >= 11 is 5.07. The summed E-state index contributed by atoms with van der Waals surface area (Å²) in [5, 5.41) is -0.904. The predicted octanol–water partition coefficient (Wildman–Crippen LogP) is 1.94. The van der Waals surface area contributed by atoms with E-state index < -0.39 is 23.3 Å². The van der Waals surface area contributed by atoms with Gasteiger partial charge in [-0.3, -0.25) is 4.79 Å².